The summed E-state index contributed by atoms with van der Waals surface area (Å²) in [6, 6.07) is 11.4. The van der Waals surface area contributed by atoms with Gasteiger partial charge in [0.15, 0.2) is 0 Å². The highest BCUT2D eigenvalue weighted by molar-refractivity contribution is 9.10. The van der Waals surface area contributed by atoms with E-state index in [0.717, 1.165) is 35.2 Å². The van der Waals surface area contributed by atoms with Gasteiger partial charge in [-0.3, -0.25) is 4.99 Å². The van der Waals surface area contributed by atoms with Crippen LogP contribution < -0.4 is 4.90 Å². The Balaban J connectivity index is 1.98. The van der Waals surface area contributed by atoms with Gasteiger partial charge < -0.3 is 4.90 Å². The molecule has 0 fully saturated rings. The first-order chi connectivity index (χ1) is 12.3. The summed E-state index contributed by atoms with van der Waals surface area (Å²) in [5, 5.41) is 0. The lowest BCUT2D eigenvalue weighted by molar-refractivity contribution is 0.375. The average Bonchev–Trinajstić information content (AvgIpc) is 2.58. The monoisotopic (exact) mass is 416 g/mol. The summed E-state index contributed by atoms with van der Waals surface area (Å²) >= 11 is 3.41. The molecule has 3 rings (SSSR count). The fourth-order valence-corrected chi connectivity index (χ4v) is 4.20. The molecule has 0 radical (unpaired) electrons. The van der Waals surface area contributed by atoms with Gasteiger partial charge in [-0.15, -0.1) is 0 Å². The average molecular weight is 417 g/mol. The molecule has 1 aliphatic heterocycles. The zero-order valence-corrected chi connectivity index (χ0v) is 17.5. The van der Waals surface area contributed by atoms with Crippen LogP contribution in [0.25, 0.3) is 0 Å². The van der Waals surface area contributed by atoms with Crippen LogP contribution in [0.5, 0.6) is 0 Å². The van der Waals surface area contributed by atoms with E-state index in [1.54, 1.807) is 12.3 Å². The molecule has 0 spiro atoms. The Bertz CT molecular complexity index is 812. The highest BCUT2D eigenvalue weighted by atomic mass is 79.9. The molecule has 0 aromatic heterocycles. The number of aliphatic imine (C=N–C) groups is 1. The molecule has 1 unspecified atom stereocenters. The minimum Gasteiger partial charge on any atom is -0.366 e. The van der Waals surface area contributed by atoms with E-state index in [0.29, 0.717) is 11.5 Å². The molecule has 0 saturated carbocycles. The topological polar surface area (TPSA) is 15.6 Å². The quantitative estimate of drug-likeness (QED) is 0.497. The third-order valence-electron chi connectivity index (χ3n) is 5.13. The van der Waals surface area contributed by atoms with E-state index in [2.05, 4.69) is 53.5 Å². The third kappa shape index (κ3) is 3.85. The van der Waals surface area contributed by atoms with Gasteiger partial charge in [-0.1, -0.05) is 29.8 Å². The lowest BCUT2D eigenvalue weighted by Gasteiger charge is -2.47. The summed E-state index contributed by atoms with van der Waals surface area (Å²) in [5.41, 5.74) is 3.66. The maximum Gasteiger partial charge on any atom is 0.134 e. The van der Waals surface area contributed by atoms with Gasteiger partial charge in [0.1, 0.15) is 5.82 Å². The van der Waals surface area contributed by atoms with Crippen molar-refractivity contribution in [1.82, 2.24) is 0 Å². The first-order valence-corrected chi connectivity index (χ1v) is 10.0. The lowest BCUT2D eigenvalue weighted by Crippen LogP contribution is -2.48. The van der Waals surface area contributed by atoms with Gasteiger partial charge >= 0.3 is 0 Å². The first-order valence-electron chi connectivity index (χ1n) is 9.22. The number of hydrogen-bond donors (Lipinski definition) is 0. The zero-order chi connectivity index (χ0) is 18.9. The first kappa shape index (κ1) is 19.1. The van der Waals surface area contributed by atoms with Gasteiger partial charge in [-0.2, -0.15) is 0 Å². The molecule has 1 heterocycles. The molecule has 0 aliphatic carbocycles. The van der Waals surface area contributed by atoms with Crippen LogP contribution >= 0.6 is 15.9 Å². The van der Waals surface area contributed by atoms with E-state index in [1.165, 1.54) is 5.56 Å². The Morgan fingerprint density at radius 2 is 1.96 bits per heavy atom. The van der Waals surface area contributed by atoms with Gasteiger partial charge in [-0.05, 0) is 74.6 Å². The zero-order valence-electron chi connectivity index (χ0n) is 15.9. The van der Waals surface area contributed by atoms with Gasteiger partial charge in [0.05, 0.1) is 5.69 Å². The molecular weight excluding hydrogens is 391 g/mol. The fraction of sp³-hybridized carbons (Fsp3) is 0.409. The molecule has 2 aromatic rings. The van der Waals surface area contributed by atoms with Crippen molar-refractivity contribution in [3.63, 3.8) is 0 Å². The Labute approximate surface area is 164 Å². The molecular formula is C22H26BrFN2. The SMILES string of the molecule is CCCN1c2cc(F)c(C=Nc3ccc(Br)cc3)cc2C(C)CC1(C)C. The van der Waals surface area contributed by atoms with Crippen molar-refractivity contribution >= 4 is 33.5 Å². The van der Waals surface area contributed by atoms with Gasteiger partial charge in [-0.25, -0.2) is 4.39 Å². The highest BCUT2D eigenvalue weighted by Crippen LogP contribution is 2.44. The van der Waals surface area contributed by atoms with Gasteiger partial charge in [0.2, 0.25) is 0 Å². The standard InChI is InChI=1S/C22H26BrFN2/c1-5-10-26-21-12-20(24)16(11-19(21)15(2)13-22(26,3)4)14-25-18-8-6-17(23)7-9-18/h6-9,11-12,14-15H,5,10,13H2,1-4H3. The molecule has 0 N–H and O–H groups in total. The second-order valence-electron chi connectivity index (χ2n) is 7.74. The number of halogens is 2. The number of rotatable bonds is 4. The van der Waals surface area contributed by atoms with Crippen LogP contribution in [-0.4, -0.2) is 18.3 Å². The predicted molar refractivity (Wildman–Crippen MR) is 113 cm³/mol. The number of benzene rings is 2. The Hall–Kier alpha value is -1.68. The van der Waals surface area contributed by atoms with Gasteiger partial charge in [0, 0.05) is 34.0 Å². The molecule has 0 saturated heterocycles. The largest absolute Gasteiger partial charge is 0.366 e. The molecule has 2 aromatic carbocycles. The Kier molecular flexibility index (Phi) is 5.52. The molecule has 4 heteroatoms. The number of nitrogens with zero attached hydrogens (tertiary/aromatic N) is 2. The van der Waals surface area contributed by atoms with Crippen LogP contribution in [0.15, 0.2) is 45.9 Å². The molecule has 2 nitrogen and oxygen atoms in total. The van der Waals surface area contributed by atoms with Crippen LogP contribution in [0, 0.1) is 5.82 Å². The Morgan fingerprint density at radius 1 is 1.27 bits per heavy atom. The van der Waals surface area contributed by atoms with E-state index in [1.807, 2.05) is 30.3 Å². The predicted octanol–water partition coefficient (Wildman–Crippen LogP) is 6.84. The molecule has 26 heavy (non-hydrogen) atoms. The number of fused-ring (bicyclic) bond motifs is 1. The maximum absolute atomic E-state index is 14.8. The lowest BCUT2D eigenvalue weighted by atomic mass is 9.79. The summed E-state index contributed by atoms with van der Waals surface area (Å²) in [6.45, 7) is 9.85. The van der Waals surface area contributed by atoms with Crippen LogP contribution in [0.4, 0.5) is 15.8 Å². The minimum atomic E-state index is -0.212. The summed E-state index contributed by atoms with van der Waals surface area (Å²) in [5.74, 6) is 0.184. The smallest absolute Gasteiger partial charge is 0.134 e. The summed E-state index contributed by atoms with van der Waals surface area (Å²) in [7, 11) is 0. The molecule has 1 atom stereocenters. The summed E-state index contributed by atoms with van der Waals surface area (Å²) < 4.78 is 15.8. The Morgan fingerprint density at radius 3 is 2.62 bits per heavy atom. The molecule has 138 valence electrons. The second-order valence-corrected chi connectivity index (χ2v) is 8.65. The molecule has 1 aliphatic rings. The van der Waals surface area contributed by atoms with E-state index in [4.69, 9.17) is 0 Å². The molecule has 0 amide bonds. The molecule has 0 bridgehead atoms. The van der Waals surface area contributed by atoms with E-state index >= 15 is 0 Å². The summed E-state index contributed by atoms with van der Waals surface area (Å²) in [6.07, 6.45) is 3.75. The van der Waals surface area contributed by atoms with Crippen molar-refractivity contribution in [2.75, 3.05) is 11.4 Å². The second kappa shape index (κ2) is 7.51. The van der Waals surface area contributed by atoms with Crippen LogP contribution in [0.3, 0.4) is 0 Å². The van der Waals surface area contributed by atoms with Crippen molar-refractivity contribution < 1.29 is 4.39 Å². The van der Waals surface area contributed by atoms with Crippen molar-refractivity contribution in [2.45, 2.75) is 52.0 Å². The van der Waals surface area contributed by atoms with Crippen LogP contribution in [0.2, 0.25) is 0 Å². The highest BCUT2D eigenvalue weighted by Gasteiger charge is 2.36. The maximum atomic E-state index is 14.8. The van der Waals surface area contributed by atoms with Crippen molar-refractivity contribution in [1.29, 1.82) is 0 Å². The van der Waals surface area contributed by atoms with Crippen molar-refractivity contribution in [3.8, 4) is 0 Å². The number of hydrogen-bond acceptors (Lipinski definition) is 2. The third-order valence-corrected chi connectivity index (χ3v) is 5.66. The van der Waals surface area contributed by atoms with Gasteiger partial charge in [0.25, 0.3) is 0 Å². The van der Waals surface area contributed by atoms with Crippen LogP contribution in [-0.2, 0) is 0 Å². The fourth-order valence-electron chi connectivity index (χ4n) is 3.94. The summed E-state index contributed by atoms with van der Waals surface area (Å²) in [4.78, 5) is 6.80. The van der Waals surface area contributed by atoms with E-state index < -0.39 is 0 Å². The van der Waals surface area contributed by atoms with Crippen molar-refractivity contribution in [3.05, 3.63) is 57.8 Å². The van der Waals surface area contributed by atoms with E-state index in [-0.39, 0.29) is 11.4 Å². The normalized spacial score (nSPS) is 19.0. The number of anilines is 1. The minimum absolute atomic E-state index is 0.0435. The van der Waals surface area contributed by atoms with Crippen molar-refractivity contribution in [2.24, 2.45) is 4.99 Å². The van der Waals surface area contributed by atoms with Crippen LogP contribution in [0.1, 0.15) is 57.6 Å². The van der Waals surface area contributed by atoms with E-state index in [9.17, 15) is 4.39 Å².